The van der Waals surface area contributed by atoms with E-state index in [1.54, 1.807) is 0 Å². The lowest BCUT2D eigenvalue weighted by atomic mass is 9.96. The molecule has 0 unspecified atom stereocenters. The molecule has 0 aliphatic carbocycles. The fourth-order valence-corrected chi connectivity index (χ4v) is 1.38. The van der Waals surface area contributed by atoms with Crippen LogP contribution in [0.3, 0.4) is 0 Å². The molecule has 0 aromatic heterocycles. The molecule has 0 atom stereocenters. The van der Waals surface area contributed by atoms with E-state index in [0.717, 1.165) is 15.4 Å². The largest absolute Gasteiger partial charge is 0.369 e. The molecule has 66 valence electrons. The zero-order chi connectivity index (χ0) is 9.23. The van der Waals surface area contributed by atoms with Gasteiger partial charge in [0.15, 0.2) is 0 Å². The van der Waals surface area contributed by atoms with E-state index in [9.17, 15) is 0 Å². The Hall–Kier alpha value is 0.0469. The second kappa shape index (κ2) is 3.63. The minimum absolute atomic E-state index is 0.230. The minimum Gasteiger partial charge on any atom is -0.369 e. The standard InChI is InChI=1S/C8H18ClNSi/c1-8(2,3)6(11)7(9)10(4)5/h1-5,11H3. The highest BCUT2D eigenvalue weighted by Crippen LogP contribution is 2.27. The second-order valence-electron chi connectivity index (χ2n) is 4.06. The third kappa shape index (κ3) is 3.30. The highest BCUT2D eigenvalue weighted by Gasteiger charge is 2.16. The van der Waals surface area contributed by atoms with Crippen molar-refractivity contribution in [1.29, 1.82) is 0 Å². The van der Waals surface area contributed by atoms with E-state index in [-0.39, 0.29) is 5.41 Å². The van der Waals surface area contributed by atoms with Crippen LogP contribution in [0.25, 0.3) is 0 Å². The van der Waals surface area contributed by atoms with E-state index >= 15 is 0 Å². The number of nitrogens with zero attached hydrogens (tertiary/aromatic N) is 1. The maximum absolute atomic E-state index is 6.09. The third-order valence-corrected chi connectivity index (χ3v) is 4.74. The van der Waals surface area contributed by atoms with Gasteiger partial charge in [0.05, 0.1) is 5.16 Å². The summed E-state index contributed by atoms with van der Waals surface area (Å²) in [7, 11) is 4.99. The molecule has 0 N–H and O–H groups in total. The zero-order valence-electron chi connectivity index (χ0n) is 8.33. The molecular formula is C8H18ClNSi. The summed E-state index contributed by atoms with van der Waals surface area (Å²) >= 11 is 6.09. The highest BCUT2D eigenvalue weighted by atomic mass is 35.5. The van der Waals surface area contributed by atoms with Gasteiger partial charge in [-0.15, -0.1) is 0 Å². The first-order valence-electron chi connectivity index (χ1n) is 3.81. The van der Waals surface area contributed by atoms with Crippen molar-refractivity contribution >= 4 is 21.8 Å². The number of rotatable bonds is 1. The Morgan fingerprint density at radius 3 is 1.73 bits per heavy atom. The smallest absolute Gasteiger partial charge is 0.0986 e. The van der Waals surface area contributed by atoms with E-state index in [1.807, 2.05) is 19.0 Å². The Bertz CT molecular complexity index is 167. The molecule has 1 nitrogen and oxygen atoms in total. The molecule has 0 aromatic carbocycles. The van der Waals surface area contributed by atoms with Crippen LogP contribution in [0, 0.1) is 5.41 Å². The molecule has 0 aliphatic rings. The summed E-state index contributed by atoms with van der Waals surface area (Å²) in [6.07, 6.45) is 0. The van der Waals surface area contributed by atoms with E-state index in [2.05, 4.69) is 20.8 Å². The first kappa shape index (κ1) is 11.0. The fourth-order valence-electron chi connectivity index (χ4n) is 0.645. The second-order valence-corrected chi connectivity index (χ2v) is 5.42. The molecule has 0 rings (SSSR count). The van der Waals surface area contributed by atoms with Gasteiger partial charge in [-0.2, -0.15) is 0 Å². The number of halogens is 1. The SMILES string of the molecule is CN(C)C(Cl)=C([SiH3])C(C)(C)C. The van der Waals surface area contributed by atoms with Crippen molar-refractivity contribution in [1.82, 2.24) is 4.90 Å². The lowest BCUT2D eigenvalue weighted by Gasteiger charge is -2.24. The van der Waals surface area contributed by atoms with Crippen molar-refractivity contribution in [2.75, 3.05) is 14.1 Å². The monoisotopic (exact) mass is 191 g/mol. The van der Waals surface area contributed by atoms with Crippen molar-refractivity contribution < 1.29 is 0 Å². The molecule has 0 saturated heterocycles. The van der Waals surface area contributed by atoms with Gasteiger partial charge in [0.25, 0.3) is 0 Å². The summed E-state index contributed by atoms with van der Waals surface area (Å²) in [6.45, 7) is 6.59. The van der Waals surface area contributed by atoms with Crippen LogP contribution in [0.4, 0.5) is 0 Å². The first-order chi connectivity index (χ1) is 4.76. The van der Waals surface area contributed by atoms with Gasteiger partial charge >= 0.3 is 0 Å². The number of hydrogen-bond acceptors (Lipinski definition) is 1. The van der Waals surface area contributed by atoms with E-state index < -0.39 is 0 Å². The van der Waals surface area contributed by atoms with Crippen molar-refractivity contribution in [3.8, 4) is 0 Å². The number of hydrogen-bond donors (Lipinski definition) is 0. The average Bonchev–Trinajstić information content (AvgIpc) is 1.82. The van der Waals surface area contributed by atoms with Gasteiger partial charge in [-0.1, -0.05) is 37.6 Å². The minimum atomic E-state index is 0.230. The summed E-state index contributed by atoms with van der Waals surface area (Å²) in [6, 6.07) is 0. The Balaban J connectivity index is 4.67. The summed E-state index contributed by atoms with van der Waals surface area (Å²) in [4.78, 5) is 1.97. The molecule has 0 heterocycles. The van der Waals surface area contributed by atoms with E-state index in [0.29, 0.717) is 0 Å². The predicted octanol–water partition coefficient (Wildman–Crippen LogP) is 1.37. The lowest BCUT2D eigenvalue weighted by Crippen LogP contribution is -2.17. The maximum atomic E-state index is 6.09. The van der Waals surface area contributed by atoms with Crippen LogP contribution in [-0.2, 0) is 0 Å². The normalized spacial score (nSPS) is 14.7. The van der Waals surface area contributed by atoms with E-state index in [1.165, 1.54) is 5.20 Å². The van der Waals surface area contributed by atoms with Crippen LogP contribution in [0.5, 0.6) is 0 Å². The molecule has 0 amide bonds. The van der Waals surface area contributed by atoms with Gasteiger partial charge < -0.3 is 4.90 Å². The van der Waals surface area contributed by atoms with Crippen LogP contribution in [-0.4, -0.2) is 29.2 Å². The molecule has 0 saturated carbocycles. The topological polar surface area (TPSA) is 3.24 Å². The summed E-state index contributed by atoms with van der Waals surface area (Å²) in [5.74, 6) is 0. The molecule has 3 heteroatoms. The van der Waals surface area contributed by atoms with Crippen molar-refractivity contribution in [3.05, 3.63) is 10.4 Å². The van der Waals surface area contributed by atoms with Crippen LogP contribution in [0.15, 0.2) is 10.4 Å². The van der Waals surface area contributed by atoms with E-state index in [4.69, 9.17) is 11.6 Å². The maximum Gasteiger partial charge on any atom is 0.0986 e. The fraction of sp³-hybridized carbons (Fsp3) is 0.750. The van der Waals surface area contributed by atoms with Crippen molar-refractivity contribution in [2.24, 2.45) is 5.41 Å². The van der Waals surface area contributed by atoms with Gasteiger partial charge in [0.2, 0.25) is 0 Å². The summed E-state index contributed by atoms with van der Waals surface area (Å²) < 4.78 is 0. The Kier molecular flexibility index (Phi) is 3.65. The van der Waals surface area contributed by atoms with Crippen LogP contribution in [0.2, 0.25) is 0 Å². The van der Waals surface area contributed by atoms with Gasteiger partial charge in [0.1, 0.15) is 0 Å². The average molecular weight is 192 g/mol. The highest BCUT2D eigenvalue weighted by molar-refractivity contribution is 6.36. The molecular weight excluding hydrogens is 174 g/mol. The molecule has 0 aliphatic heterocycles. The molecule has 0 bridgehead atoms. The first-order valence-corrected chi connectivity index (χ1v) is 5.18. The van der Waals surface area contributed by atoms with Gasteiger partial charge in [-0.05, 0) is 5.41 Å². The quantitative estimate of drug-likeness (QED) is 0.447. The Morgan fingerprint density at radius 1 is 1.27 bits per heavy atom. The molecule has 0 aromatic rings. The van der Waals surface area contributed by atoms with Crippen molar-refractivity contribution in [2.45, 2.75) is 20.8 Å². The van der Waals surface area contributed by atoms with Crippen LogP contribution < -0.4 is 0 Å². The zero-order valence-corrected chi connectivity index (χ0v) is 11.1. The lowest BCUT2D eigenvalue weighted by molar-refractivity contribution is 0.485. The van der Waals surface area contributed by atoms with Gasteiger partial charge in [-0.25, -0.2) is 0 Å². The Morgan fingerprint density at radius 2 is 1.64 bits per heavy atom. The summed E-state index contributed by atoms with van der Waals surface area (Å²) in [5.41, 5.74) is 0.230. The van der Waals surface area contributed by atoms with Gasteiger partial charge in [0, 0.05) is 24.3 Å². The molecule has 11 heavy (non-hydrogen) atoms. The Labute approximate surface area is 77.8 Å². The molecule has 0 spiro atoms. The summed E-state index contributed by atoms with van der Waals surface area (Å²) in [5, 5.41) is 2.27. The molecule has 0 fully saturated rings. The van der Waals surface area contributed by atoms with Gasteiger partial charge in [-0.3, -0.25) is 0 Å². The molecule has 0 radical (unpaired) electrons. The van der Waals surface area contributed by atoms with Crippen LogP contribution in [0.1, 0.15) is 20.8 Å². The predicted molar refractivity (Wildman–Crippen MR) is 56.0 cm³/mol. The van der Waals surface area contributed by atoms with Crippen molar-refractivity contribution in [3.63, 3.8) is 0 Å². The third-order valence-electron chi connectivity index (χ3n) is 1.83. The van der Waals surface area contributed by atoms with Crippen LogP contribution >= 0.6 is 11.6 Å². The number of allylic oxidation sites excluding steroid dienone is 1.